The van der Waals surface area contributed by atoms with Gasteiger partial charge in [0.05, 0.1) is 33.4 Å². The smallest absolute Gasteiger partial charge is 0.506 e. The number of hydrogen-bond acceptors (Lipinski definition) is 6. The molecule has 0 radical (unpaired) electrons. The van der Waals surface area contributed by atoms with Crippen LogP contribution >= 0.6 is 0 Å². The minimum atomic E-state index is 0. The number of rotatable bonds is 6. The van der Waals surface area contributed by atoms with Crippen LogP contribution in [-0.2, 0) is 21.1 Å². The molecule has 2 aliphatic rings. The summed E-state index contributed by atoms with van der Waals surface area (Å²) in [7, 11) is 0. The van der Waals surface area contributed by atoms with Gasteiger partial charge in [0.25, 0.3) is 0 Å². The molecule has 0 atom stereocenters. The molecule has 2 aliphatic heterocycles. The molecule has 8 aromatic carbocycles. The first-order valence-corrected chi connectivity index (χ1v) is 19.7. The fourth-order valence-electron chi connectivity index (χ4n) is 9.36. The Morgan fingerprint density at radius 1 is 0.367 bits per heavy atom. The molecule has 12 rings (SSSR count). The van der Waals surface area contributed by atoms with Gasteiger partial charge in [-0.3, -0.25) is 0 Å². The molecule has 292 valence electrons. The summed E-state index contributed by atoms with van der Waals surface area (Å²) in [5.74, 6) is 0.396. The van der Waals surface area contributed by atoms with Gasteiger partial charge in [0, 0.05) is 62.3 Å². The van der Waals surface area contributed by atoms with Crippen LogP contribution in [-0.4, -0.2) is 26.0 Å². The predicted molar refractivity (Wildman–Crippen MR) is 240 cm³/mol. The molecule has 0 fully saturated rings. The van der Waals surface area contributed by atoms with Crippen LogP contribution in [0.1, 0.15) is 0 Å². The first kappa shape index (κ1) is 36.0. The maximum Gasteiger partial charge on any atom is 2.00 e. The van der Waals surface area contributed by atoms with Gasteiger partial charge >= 0.3 is 21.1 Å². The molecule has 60 heavy (non-hydrogen) atoms. The Morgan fingerprint density at radius 2 is 0.733 bits per heavy atom. The Labute approximate surface area is 360 Å². The molecule has 2 aromatic heterocycles. The third-order valence-corrected chi connectivity index (χ3v) is 11.8. The fraction of sp³-hybridized carbons (Fsp3) is 0.0196. The van der Waals surface area contributed by atoms with Gasteiger partial charge in [0.15, 0.2) is 0 Å². The Hall–Kier alpha value is -7.15. The third kappa shape index (κ3) is 5.27. The quantitative estimate of drug-likeness (QED) is 0.162. The SMILES string of the molecule is Oc1ccc2c(c1N1[CH-]N(CN3[CH-]N(c4c(O)ccc5c4c4ccccc4n5-c4ccccc4)c4ccccc43)c3ccccc31)c1ccccc1n2-c1ccccc1.[Pt+2]. The van der Waals surface area contributed by atoms with E-state index in [-0.39, 0.29) is 32.6 Å². The molecule has 0 saturated heterocycles. The van der Waals surface area contributed by atoms with E-state index in [0.29, 0.717) is 6.67 Å². The van der Waals surface area contributed by atoms with Crippen LogP contribution in [0.4, 0.5) is 34.1 Å². The Balaban J connectivity index is 0.00000408. The van der Waals surface area contributed by atoms with Crippen molar-refractivity contribution >= 4 is 77.7 Å². The maximum absolute atomic E-state index is 11.8. The summed E-state index contributed by atoms with van der Waals surface area (Å²) < 4.78 is 4.54. The first-order chi connectivity index (χ1) is 29.1. The summed E-state index contributed by atoms with van der Waals surface area (Å²) in [4.78, 5) is 8.70. The van der Waals surface area contributed by atoms with Gasteiger partial charge in [-0.2, -0.15) is 0 Å². The summed E-state index contributed by atoms with van der Waals surface area (Å²) in [6.07, 6.45) is 0. The first-order valence-electron chi connectivity index (χ1n) is 19.7. The molecule has 2 N–H and O–H groups in total. The number of anilines is 6. The van der Waals surface area contributed by atoms with Crippen LogP contribution in [0.25, 0.3) is 55.0 Å². The zero-order valence-corrected chi connectivity index (χ0v) is 34.3. The van der Waals surface area contributed by atoms with Gasteiger partial charge < -0.3 is 38.9 Å². The second-order valence-electron chi connectivity index (χ2n) is 15.1. The molecular weight excluding hydrogens is 924 g/mol. The molecule has 0 unspecified atom stereocenters. The van der Waals surface area contributed by atoms with Gasteiger partial charge in [0.2, 0.25) is 0 Å². The average molecular weight is 960 g/mol. The van der Waals surface area contributed by atoms with Crippen molar-refractivity contribution in [2.24, 2.45) is 0 Å². The van der Waals surface area contributed by atoms with Gasteiger partial charge in [0.1, 0.15) is 11.5 Å². The summed E-state index contributed by atoms with van der Waals surface area (Å²) >= 11 is 0. The van der Waals surface area contributed by atoms with E-state index in [4.69, 9.17) is 0 Å². The molecule has 0 spiro atoms. The molecule has 9 heteroatoms. The second kappa shape index (κ2) is 14.0. The third-order valence-electron chi connectivity index (χ3n) is 11.8. The summed E-state index contributed by atoms with van der Waals surface area (Å²) in [6.45, 7) is 4.66. The Bertz CT molecular complexity index is 3050. The summed E-state index contributed by atoms with van der Waals surface area (Å²) in [5.41, 5.74) is 11.7. The van der Waals surface area contributed by atoms with Crippen molar-refractivity contribution in [3.05, 3.63) is 195 Å². The van der Waals surface area contributed by atoms with Crippen molar-refractivity contribution in [1.82, 2.24) is 9.13 Å². The van der Waals surface area contributed by atoms with E-state index in [2.05, 4.69) is 176 Å². The van der Waals surface area contributed by atoms with E-state index in [0.717, 1.165) is 89.1 Å². The number of aromatic hydroxyl groups is 2. The average Bonchev–Trinajstić information content (AvgIpc) is 4.03. The van der Waals surface area contributed by atoms with E-state index in [9.17, 15) is 10.2 Å². The fourth-order valence-corrected chi connectivity index (χ4v) is 9.36. The van der Waals surface area contributed by atoms with Crippen LogP contribution in [0.3, 0.4) is 0 Å². The normalized spacial score (nSPS) is 13.5. The zero-order valence-electron chi connectivity index (χ0n) is 32.1. The standard InChI is InChI=1S/C51H36N6O2.Pt/c58-46-29-27-44-48(36-19-7-9-21-38(36)56(44)34-15-3-1-4-16-34)50(46)54-32-52(40-23-11-13-25-42(40)54)31-53-33-55(43-26-14-12-24-41(43)53)51-47(59)30-28-45-49(51)37-20-8-10-22-39(37)57(45)35-17-5-2-6-18-35;/h1-30,32-33,58-59H,31H2;/q-2;+2. The van der Waals surface area contributed by atoms with Crippen LogP contribution in [0, 0.1) is 13.3 Å². The monoisotopic (exact) mass is 959 g/mol. The molecule has 0 amide bonds. The zero-order chi connectivity index (χ0) is 39.2. The van der Waals surface area contributed by atoms with Crippen LogP contribution in [0.15, 0.2) is 182 Å². The van der Waals surface area contributed by atoms with Gasteiger partial charge in [-0.05, 0) is 84.9 Å². The number of hydrogen-bond donors (Lipinski definition) is 2. The van der Waals surface area contributed by atoms with Crippen molar-refractivity contribution < 1.29 is 31.3 Å². The predicted octanol–water partition coefficient (Wildman–Crippen LogP) is 12.1. The number of phenols is 2. The van der Waals surface area contributed by atoms with Crippen molar-refractivity contribution in [1.29, 1.82) is 0 Å². The van der Waals surface area contributed by atoms with E-state index in [1.165, 1.54) is 0 Å². The van der Waals surface area contributed by atoms with Gasteiger partial charge in [-0.15, -0.1) is 13.3 Å². The van der Waals surface area contributed by atoms with E-state index < -0.39 is 0 Å². The van der Waals surface area contributed by atoms with Crippen LogP contribution in [0.2, 0.25) is 0 Å². The number of benzene rings is 8. The Kier molecular flexibility index (Phi) is 8.39. The molecule has 0 saturated carbocycles. The summed E-state index contributed by atoms with van der Waals surface area (Å²) in [5, 5.41) is 27.7. The van der Waals surface area contributed by atoms with Crippen molar-refractivity contribution in [3.8, 4) is 22.9 Å². The van der Waals surface area contributed by atoms with E-state index >= 15 is 0 Å². The molecule has 8 nitrogen and oxygen atoms in total. The van der Waals surface area contributed by atoms with Gasteiger partial charge in [-0.25, -0.2) is 0 Å². The Morgan fingerprint density at radius 3 is 1.17 bits per heavy atom. The number of phenolic OH excluding ortho intramolecular Hbond substituents is 2. The largest absolute Gasteiger partial charge is 2.00 e. The number of nitrogens with zero attached hydrogens (tertiary/aromatic N) is 6. The van der Waals surface area contributed by atoms with Crippen molar-refractivity contribution in [3.63, 3.8) is 0 Å². The van der Waals surface area contributed by atoms with Crippen LogP contribution < -0.4 is 19.6 Å². The number of para-hydroxylation sites is 8. The number of fused-ring (bicyclic) bond motifs is 8. The topological polar surface area (TPSA) is 63.3 Å². The van der Waals surface area contributed by atoms with Gasteiger partial charge in [-0.1, -0.05) is 97.1 Å². The van der Waals surface area contributed by atoms with Crippen molar-refractivity contribution in [2.75, 3.05) is 26.3 Å². The molecule has 4 heterocycles. The second-order valence-corrected chi connectivity index (χ2v) is 15.1. The molecule has 10 aromatic rings. The number of aromatic nitrogens is 2. The van der Waals surface area contributed by atoms with E-state index in [1.807, 2.05) is 36.4 Å². The summed E-state index contributed by atoms with van der Waals surface area (Å²) in [6, 6.07) is 61.8. The molecule has 0 aliphatic carbocycles. The molecule has 0 bridgehead atoms. The minimum absolute atomic E-state index is 0. The van der Waals surface area contributed by atoms with Crippen LogP contribution in [0.5, 0.6) is 11.5 Å². The maximum atomic E-state index is 11.8. The molecular formula is C51H36N6O2Pt. The van der Waals surface area contributed by atoms with Crippen molar-refractivity contribution in [2.45, 2.75) is 0 Å². The minimum Gasteiger partial charge on any atom is -0.506 e. The van der Waals surface area contributed by atoms with E-state index in [1.54, 1.807) is 12.1 Å².